The van der Waals surface area contributed by atoms with E-state index in [4.69, 9.17) is 10.2 Å². The molecule has 100 valence electrons. The first-order valence-electron chi connectivity index (χ1n) is 6.44. The predicted molar refractivity (Wildman–Crippen MR) is 78.1 cm³/mol. The maximum atomic E-state index is 5.69. The molecule has 1 heterocycles. The van der Waals surface area contributed by atoms with Crippen molar-refractivity contribution in [2.75, 3.05) is 5.73 Å². The van der Waals surface area contributed by atoms with E-state index in [1.807, 2.05) is 55.5 Å². The Morgan fingerprint density at radius 3 is 2.35 bits per heavy atom. The molecule has 2 N–H and O–H groups in total. The van der Waals surface area contributed by atoms with Gasteiger partial charge in [0.2, 0.25) is 11.8 Å². The van der Waals surface area contributed by atoms with Crippen LogP contribution in [0.1, 0.15) is 17.0 Å². The summed E-state index contributed by atoms with van der Waals surface area (Å²) in [5, 5.41) is 8.17. The van der Waals surface area contributed by atoms with E-state index in [9.17, 15) is 0 Å². The van der Waals surface area contributed by atoms with Crippen molar-refractivity contribution in [2.24, 2.45) is 0 Å². The van der Waals surface area contributed by atoms with E-state index in [-0.39, 0.29) is 0 Å². The number of nitrogens with zero attached hydrogens (tertiary/aromatic N) is 2. The Kier molecular flexibility index (Phi) is 3.21. The van der Waals surface area contributed by atoms with Crippen LogP contribution in [0, 0.1) is 6.92 Å². The largest absolute Gasteiger partial charge is 0.420 e. The summed E-state index contributed by atoms with van der Waals surface area (Å²) >= 11 is 0. The van der Waals surface area contributed by atoms with Gasteiger partial charge in [-0.1, -0.05) is 29.8 Å². The minimum atomic E-state index is 0.551. The number of benzene rings is 2. The van der Waals surface area contributed by atoms with Crippen molar-refractivity contribution in [1.29, 1.82) is 0 Å². The monoisotopic (exact) mass is 265 g/mol. The molecule has 0 saturated carbocycles. The normalized spacial score (nSPS) is 10.7. The Morgan fingerprint density at radius 2 is 1.65 bits per heavy atom. The smallest absolute Gasteiger partial charge is 0.247 e. The van der Waals surface area contributed by atoms with Crippen LogP contribution in [0.25, 0.3) is 11.5 Å². The van der Waals surface area contributed by atoms with Gasteiger partial charge in [0, 0.05) is 11.3 Å². The molecule has 0 bridgehead atoms. The molecule has 3 rings (SSSR count). The summed E-state index contributed by atoms with van der Waals surface area (Å²) in [6, 6.07) is 15.7. The summed E-state index contributed by atoms with van der Waals surface area (Å²) in [6.07, 6.45) is 0.610. The topological polar surface area (TPSA) is 64.9 Å². The molecule has 0 atom stereocenters. The SMILES string of the molecule is Cc1ccc(-c2nnc(Cc3ccc(N)cc3)o2)cc1. The molecule has 2 aromatic carbocycles. The molecule has 0 radical (unpaired) electrons. The zero-order valence-electron chi connectivity index (χ0n) is 11.2. The highest BCUT2D eigenvalue weighted by molar-refractivity contribution is 5.52. The zero-order valence-corrected chi connectivity index (χ0v) is 11.2. The number of anilines is 1. The number of hydrogen-bond acceptors (Lipinski definition) is 4. The molecule has 20 heavy (non-hydrogen) atoms. The Bertz CT molecular complexity index is 699. The van der Waals surface area contributed by atoms with Crippen LogP contribution in [0.2, 0.25) is 0 Å². The minimum Gasteiger partial charge on any atom is -0.420 e. The second-order valence-electron chi connectivity index (χ2n) is 4.79. The Morgan fingerprint density at radius 1 is 0.950 bits per heavy atom. The third-order valence-corrected chi connectivity index (χ3v) is 3.10. The van der Waals surface area contributed by atoms with E-state index in [1.165, 1.54) is 5.56 Å². The zero-order chi connectivity index (χ0) is 13.9. The first-order chi connectivity index (χ1) is 9.70. The van der Waals surface area contributed by atoms with Gasteiger partial charge in [-0.25, -0.2) is 0 Å². The lowest BCUT2D eigenvalue weighted by Gasteiger charge is -1.98. The van der Waals surface area contributed by atoms with Crippen LogP contribution in [0.15, 0.2) is 52.9 Å². The average Bonchev–Trinajstić information content (AvgIpc) is 2.91. The standard InChI is InChI=1S/C16H15N3O/c1-11-2-6-13(7-3-11)16-19-18-15(20-16)10-12-4-8-14(17)9-5-12/h2-9H,10,17H2,1H3. The van der Waals surface area contributed by atoms with E-state index in [0.29, 0.717) is 18.2 Å². The minimum absolute atomic E-state index is 0.551. The van der Waals surface area contributed by atoms with Crippen molar-refractivity contribution in [2.45, 2.75) is 13.3 Å². The molecule has 0 aliphatic rings. The number of hydrogen-bond donors (Lipinski definition) is 1. The van der Waals surface area contributed by atoms with Crippen LogP contribution in [0.3, 0.4) is 0 Å². The maximum absolute atomic E-state index is 5.69. The lowest BCUT2D eigenvalue weighted by molar-refractivity contribution is 0.518. The number of rotatable bonds is 3. The second-order valence-corrected chi connectivity index (χ2v) is 4.79. The van der Waals surface area contributed by atoms with Crippen LogP contribution < -0.4 is 5.73 Å². The van der Waals surface area contributed by atoms with Crippen molar-refractivity contribution in [1.82, 2.24) is 10.2 Å². The predicted octanol–water partition coefficient (Wildman–Crippen LogP) is 3.22. The lowest BCUT2D eigenvalue weighted by atomic mass is 10.1. The summed E-state index contributed by atoms with van der Waals surface area (Å²) in [6.45, 7) is 2.05. The molecule has 0 unspecified atom stereocenters. The molecule has 3 aromatic rings. The summed E-state index contributed by atoms with van der Waals surface area (Å²) < 4.78 is 5.69. The molecule has 0 aliphatic heterocycles. The molecule has 0 saturated heterocycles. The van der Waals surface area contributed by atoms with Gasteiger partial charge in [-0.2, -0.15) is 0 Å². The van der Waals surface area contributed by atoms with Crippen LogP contribution in [-0.2, 0) is 6.42 Å². The maximum Gasteiger partial charge on any atom is 0.247 e. The fraction of sp³-hybridized carbons (Fsp3) is 0.125. The van der Waals surface area contributed by atoms with Gasteiger partial charge in [0.25, 0.3) is 0 Å². The molecule has 1 aromatic heterocycles. The summed E-state index contributed by atoms with van der Waals surface area (Å²) in [5.74, 6) is 1.15. The van der Waals surface area contributed by atoms with E-state index in [2.05, 4.69) is 10.2 Å². The van der Waals surface area contributed by atoms with Gasteiger partial charge in [0.05, 0.1) is 6.42 Å². The van der Waals surface area contributed by atoms with E-state index >= 15 is 0 Å². The fourth-order valence-corrected chi connectivity index (χ4v) is 1.95. The van der Waals surface area contributed by atoms with Crippen molar-refractivity contribution < 1.29 is 4.42 Å². The molecule has 0 spiro atoms. The Hall–Kier alpha value is -2.62. The Balaban J connectivity index is 1.80. The number of aromatic nitrogens is 2. The van der Waals surface area contributed by atoms with Gasteiger partial charge in [0.15, 0.2) is 0 Å². The van der Waals surface area contributed by atoms with Crippen molar-refractivity contribution in [3.05, 3.63) is 65.5 Å². The van der Waals surface area contributed by atoms with E-state index < -0.39 is 0 Å². The quantitative estimate of drug-likeness (QED) is 0.738. The van der Waals surface area contributed by atoms with Crippen LogP contribution in [0.4, 0.5) is 5.69 Å². The molecule has 0 amide bonds. The molecule has 0 fully saturated rings. The van der Waals surface area contributed by atoms with Crippen molar-refractivity contribution >= 4 is 5.69 Å². The highest BCUT2D eigenvalue weighted by Gasteiger charge is 2.08. The van der Waals surface area contributed by atoms with Gasteiger partial charge in [-0.3, -0.25) is 0 Å². The first kappa shape index (κ1) is 12.4. The number of aryl methyl sites for hydroxylation is 1. The van der Waals surface area contributed by atoms with Gasteiger partial charge < -0.3 is 10.2 Å². The molecule has 0 aliphatic carbocycles. The van der Waals surface area contributed by atoms with Gasteiger partial charge in [0.1, 0.15) is 0 Å². The summed E-state index contributed by atoms with van der Waals surface area (Å²) in [5.41, 5.74) is 9.65. The first-order valence-corrected chi connectivity index (χ1v) is 6.44. The number of nitrogen functional groups attached to an aromatic ring is 1. The molecular weight excluding hydrogens is 250 g/mol. The van der Waals surface area contributed by atoms with Crippen molar-refractivity contribution in [3.8, 4) is 11.5 Å². The molecular formula is C16H15N3O. The third kappa shape index (κ3) is 2.69. The molecule has 4 nitrogen and oxygen atoms in total. The summed E-state index contributed by atoms with van der Waals surface area (Å²) in [7, 11) is 0. The van der Waals surface area contributed by atoms with E-state index in [1.54, 1.807) is 0 Å². The van der Waals surface area contributed by atoms with Crippen LogP contribution in [-0.4, -0.2) is 10.2 Å². The average molecular weight is 265 g/mol. The Labute approximate surface area is 117 Å². The number of nitrogens with two attached hydrogens (primary N) is 1. The van der Waals surface area contributed by atoms with Crippen LogP contribution in [0.5, 0.6) is 0 Å². The lowest BCUT2D eigenvalue weighted by Crippen LogP contribution is -1.90. The van der Waals surface area contributed by atoms with Crippen LogP contribution >= 0.6 is 0 Å². The van der Waals surface area contributed by atoms with Gasteiger partial charge in [-0.05, 0) is 36.8 Å². The third-order valence-electron chi connectivity index (χ3n) is 3.10. The summed E-state index contributed by atoms with van der Waals surface area (Å²) in [4.78, 5) is 0. The highest BCUT2D eigenvalue weighted by Crippen LogP contribution is 2.19. The fourth-order valence-electron chi connectivity index (χ4n) is 1.95. The van der Waals surface area contributed by atoms with Crippen molar-refractivity contribution in [3.63, 3.8) is 0 Å². The molecule has 4 heteroatoms. The van der Waals surface area contributed by atoms with Gasteiger partial charge >= 0.3 is 0 Å². The second kappa shape index (κ2) is 5.17. The highest BCUT2D eigenvalue weighted by atomic mass is 16.4. The van der Waals surface area contributed by atoms with Gasteiger partial charge in [-0.15, -0.1) is 10.2 Å². The van der Waals surface area contributed by atoms with E-state index in [0.717, 1.165) is 16.8 Å².